The van der Waals surface area contributed by atoms with Crippen molar-refractivity contribution in [2.75, 3.05) is 14.2 Å². The van der Waals surface area contributed by atoms with Crippen LogP contribution < -0.4 is 0 Å². The fourth-order valence-corrected chi connectivity index (χ4v) is 2.78. The fourth-order valence-electron chi connectivity index (χ4n) is 2.78. The molecule has 1 spiro atoms. The van der Waals surface area contributed by atoms with Crippen LogP contribution in [0.5, 0.6) is 0 Å². The third kappa shape index (κ3) is 1.63. The molecule has 1 fully saturated rings. The van der Waals surface area contributed by atoms with Crippen LogP contribution in [0.2, 0.25) is 0 Å². The minimum Gasteiger partial charge on any atom is -0.469 e. The van der Waals surface area contributed by atoms with E-state index in [4.69, 9.17) is 14.2 Å². The summed E-state index contributed by atoms with van der Waals surface area (Å²) in [4.78, 5) is 11.9. The smallest absolute Gasteiger partial charge is 0.315 e. The lowest BCUT2D eigenvalue weighted by atomic mass is 10.1. The summed E-state index contributed by atoms with van der Waals surface area (Å²) < 4.78 is 16.5. The van der Waals surface area contributed by atoms with Crippen LogP contribution in [0.3, 0.4) is 0 Å². The van der Waals surface area contributed by atoms with Crippen molar-refractivity contribution in [2.24, 2.45) is 11.3 Å². The summed E-state index contributed by atoms with van der Waals surface area (Å²) in [5.41, 5.74) is -0.932. The molecule has 0 heterocycles. The summed E-state index contributed by atoms with van der Waals surface area (Å²) in [6.45, 7) is 5.82. The number of hydrogen-bond donors (Lipinski definition) is 0. The summed E-state index contributed by atoms with van der Waals surface area (Å²) >= 11 is 0. The van der Waals surface area contributed by atoms with E-state index in [0.29, 0.717) is 0 Å². The average molecular weight is 252 g/mol. The number of allylic oxidation sites excluding steroid dienone is 2. The van der Waals surface area contributed by atoms with Crippen LogP contribution in [0, 0.1) is 11.3 Å². The summed E-state index contributed by atoms with van der Waals surface area (Å²) in [7, 11) is 2.95. The van der Waals surface area contributed by atoms with Gasteiger partial charge in [-0.15, -0.1) is 0 Å². The van der Waals surface area contributed by atoms with Crippen molar-refractivity contribution in [3.63, 3.8) is 0 Å². The largest absolute Gasteiger partial charge is 0.469 e. The Morgan fingerprint density at radius 3 is 2.11 bits per heavy atom. The van der Waals surface area contributed by atoms with Gasteiger partial charge >= 0.3 is 5.97 Å². The van der Waals surface area contributed by atoms with Crippen molar-refractivity contribution in [3.8, 4) is 0 Å². The second kappa shape index (κ2) is 3.93. The van der Waals surface area contributed by atoms with E-state index in [0.717, 1.165) is 0 Å². The highest BCUT2D eigenvalue weighted by Gasteiger charge is 2.82. The van der Waals surface area contributed by atoms with Crippen LogP contribution in [-0.2, 0) is 19.0 Å². The molecule has 0 aliphatic heterocycles. The number of rotatable bonds is 3. The van der Waals surface area contributed by atoms with Crippen LogP contribution in [0.25, 0.3) is 0 Å². The minimum atomic E-state index is -0.957. The standard InChI is InChI=1S/C14H20O4/c1-12(2,3)18-14(17-5)10(11(15)16-4)13(14)8-6-7-9-13/h6-10H,1-5H3. The van der Waals surface area contributed by atoms with Crippen molar-refractivity contribution in [3.05, 3.63) is 24.3 Å². The van der Waals surface area contributed by atoms with Gasteiger partial charge in [0, 0.05) is 7.11 Å². The Morgan fingerprint density at radius 1 is 1.17 bits per heavy atom. The number of hydrogen-bond acceptors (Lipinski definition) is 4. The van der Waals surface area contributed by atoms with E-state index in [9.17, 15) is 4.79 Å². The Kier molecular flexibility index (Phi) is 2.91. The molecule has 2 aliphatic rings. The fraction of sp³-hybridized carbons (Fsp3) is 0.643. The molecule has 4 nitrogen and oxygen atoms in total. The van der Waals surface area contributed by atoms with Crippen LogP contribution >= 0.6 is 0 Å². The molecule has 2 unspecified atom stereocenters. The van der Waals surface area contributed by atoms with Crippen molar-refractivity contribution >= 4 is 5.97 Å². The number of ether oxygens (including phenoxy) is 3. The van der Waals surface area contributed by atoms with E-state index < -0.39 is 22.7 Å². The quantitative estimate of drug-likeness (QED) is 0.569. The van der Waals surface area contributed by atoms with Gasteiger partial charge in [0.2, 0.25) is 0 Å². The molecule has 0 aromatic heterocycles. The maximum Gasteiger partial charge on any atom is 0.315 e. The van der Waals surface area contributed by atoms with Gasteiger partial charge in [0.05, 0.1) is 18.1 Å². The van der Waals surface area contributed by atoms with Gasteiger partial charge in [0.25, 0.3) is 0 Å². The van der Waals surface area contributed by atoms with Crippen LogP contribution in [0.4, 0.5) is 0 Å². The predicted octanol–water partition coefficient (Wildman–Crippen LogP) is 2.06. The summed E-state index contributed by atoms with van der Waals surface area (Å²) in [6, 6.07) is 0. The zero-order valence-electron chi connectivity index (χ0n) is 11.5. The maximum atomic E-state index is 11.9. The molecular formula is C14H20O4. The topological polar surface area (TPSA) is 44.8 Å². The Morgan fingerprint density at radius 2 is 1.72 bits per heavy atom. The molecule has 4 heteroatoms. The highest BCUT2D eigenvalue weighted by Crippen LogP contribution is 2.69. The lowest BCUT2D eigenvalue weighted by molar-refractivity contribution is -0.224. The molecule has 0 amide bonds. The predicted molar refractivity (Wildman–Crippen MR) is 66.8 cm³/mol. The van der Waals surface area contributed by atoms with Gasteiger partial charge in [-0.05, 0) is 20.8 Å². The first-order chi connectivity index (χ1) is 8.33. The normalized spacial score (nSPS) is 31.9. The molecule has 2 atom stereocenters. The first kappa shape index (κ1) is 13.3. The molecule has 0 radical (unpaired) electrons. The van der Waals surface area contributed by atoms with E-state index >= 15 is 0 Å². The highest BCUT2D eigenvalue weighted by molar-refractivity contribution is 5.82. The van der Waals surface area contributed by atoms with E-state index in [2.05, 4.69) is 0 Å². The lowest BCUT2D eigenvalue weighted by Gasteiger charge is -2.29. The summed E-state index contributed by atoms with van der Waals surface area (Å²) in [5.74, 6) is -1.71. The van der Waals surface area contributed by atoms with Crippen molar-refractivity contribution in [2.45, 2.75) is 32.2 Å². The van der Waals surface area contributed by atoms with Gasteiger partial charge in [-0.2, -0.15) is 0 Å². The number of carbonyl (C=O) groups is 1. The molecule has 0 saturated heterocycles. The number of esters is 1. The number of carbonyl (C=O) groups excluding carboxylic acids is 1. The molecule has 2 aliphatic carbocycles. The summed E-state index contributed by atoms with van der Waals surface area (Å²) in [6.07, 6.45) is 7.71. The van der Waals surface area contributed by atoms with Crippen LogP contribution in [0.1, 0.15) is 20.8 Å². The average Bonchev–Trinajstić information content (AvgIpc) is 2.63. The first-order valence-electron chi connectivity index (χ1n) is 6.03. The molecule has 2 rings (SSSR count). The third-order valence-corrected chi connectivity index (χ3v) is 3.43. The van der Waals surface area contributed by atoms with Gasteiger partial charge in [-0.3, -0.25) is 4.79 Å². The Labute approximate surface area is 108 Å². The van der Waals surface area contributed by atoms with Gasteiger partial charge < -0.3 is 14.2 Å². The summed E-state index contributed by atoms with van der Waals surface area (Å²) in [5, 5.41) is 0. The molecule has 0 bridgehead atoms. The molecule has 0 aromatic rings. The van der Waals surface area contributed by atoms with Gasteiger partial charge in [0.15, 0.2) is 5.79 Å². The first-order valence-corrected chi connectivity index (χ1v) is 6.03. The van der Waals surface area contributed by atoms with Gasteiger partial charge in [-0.25, -0.2) is 0 Å². The third-order valence-electron chi connectivity index (χ3n) is 3.43. The van der Waals surface area contributed by atoms with Crippen molar-refractivity contribution in [1.82, 2.24) is 0 Å². The van der Waals surface area contributed by atoms with Gasteiger partial charge in [-0.1, -0.05) is 24.3 Å². The van der Waals surface area contributed by atoms with E-state index in [-0.39, 0.29) is 5.97 Å². The van der Waals surface area contributed by atoms with Crippen molar-refractivity contribution in [1.29, 1.82) is 0 Å². The zero-order chi connectivity index (χ0) is 13.6. The van der Waals surface area contributed by atoms with Crippen LogP contribution in [-0.4, -0.2) is 31.6 Å². The molecule has 18 heavy (non-hydrogen) atoms. The molecule has 0 aromatic carbocycles. The van der Waals surface area contributed by atoms with Gasteiger partial charge in [0.1, 0.15) is 5.92 Å². The maximum absolute atomic E-state index is 11.9. The van der Waals surface area contributed by atoms with E-state index in [1.165, 1.54) is 7.11 Å². The van der Waals surface area contributed by atoms with Crippen LogP contribution in [0.15, 0.2) is 24.3 Å². The second-order valence-corrected chi connectivity index (χ2v) is 5.69. The Balaban J connectivity index is 2.37. The highest BCUT2D eigenvalue weighted by atomic mass is 16.7. The van der Waals surface area contributed by atoms with E-state index in [1.807, 2.05) is 45.1 Å². The molecular weight excluding hydrogens is 232 g/mol. The van der Waals surface area contributed by atoms with E-state index in [1.54, 1.807) is 7.11 Å². The minimum absolute atomic E-state index is 0.308. The Bertz CT molecular complexity index is 404. The van der Waals surface area contributed by atoms with Crippen molar-refractivity contribution < 1.29 is 19.0 Å². The molecule has 0 N–H and O–H groups in total. The second-order valence-electron chi connectivity index (χ2n) is 5.69. The zero-order valence-corrected chi connectivity index (χ0v) is 11.5. The Hall–Kier alpha value is -1.13. The number of methoxy groups -OCH3 is 2. The molecule has 100 valence electrons. The molecule has 1 saturated carbocycles. The lowest BCUT2D eigenvalue weighted by Crippen LogP contribution is -2.35. The monoisotopic (exact) mass is 252 g/mol. The SMILES string of the molecule is COC(=O)C1C2(C=CC=C2)C1(OC)OC(C)(C)C.